The van der Waals surface area contributed by atoms with E-state index in [1.807, 2.05) is 6.92 Å². The van der Waals surface area contributed by atoms with Crippen LogP contribution in [0.15, 0.2) is 0 Å². The normalized spacial score (nSPS) is 14.4. The summed E-state index contributed by atoms with van der Waals surface area (Å²) in [5, 5.41) is 9.99. The number of aliphatic hydroxyl groups excluding tert-OH is 1. The topological polar surface area (TPSA) is 46.5 Å². The summed E-state index contributed by atoms with van der Waals surface area (Å²) in [6.07, 6.45) is 22.5. The van der Waals surface area contributed by atoms with Gasteiger partial charge in [-0.25, -0.2) is 0 Å². The van der Waals surface area contributed by atoms with E-state index in [0.717, 1.165) is 38.0 Å². The SMILES string of the molecule is CCCCCCC(O)CCCCCCCCCCCOC(=O)C(C)CCCC(C)CC. The number of carbonyl (C=O) groups excluding carboxylic acids is 1. The van der Waals surface area contributed by atoms with Crippen molar-refractivity contribution < 1.29 is 14.6 Å². The van der Waals surface area contributed by atoms with Gasteiger partial charge in [-0.3, -0.25) is 4.79 Å². The van der Waals surface area contributed by atoms with Gasteiger partial charge in [0, 0.05) is 0 Å². The molecule has 0 aromatic carbocycles. The lowest BCUT2D eigenvalue weighted by Crippen LogP contribution is -2.15. The van der Waals surface area contributed by atoms with Gasteiger partial charge in [-0.15, -0.1) is 0 Å². The molecule has 0 aliphatic heterocycles. The molecule has 0 aliphatic rings. The summed E-state index contributed by atoms with van der Waals surface area (Å²) in [5.74, 6) is 0.808. The van der Waals surface area contributed by atoms with Crippen molar-refractivity contribution >= 4 is 5.97 Å². The monoisotopic (exact) mass is 440 g/mol. The predicted octanol–water partition coefficient (Wildman–Crippen LogP) is 8.61. The van der Waals surface area contributed by atoms with Crippen LogP contribution in [0.5, 0.6) is 0 Å². The highest BCUT2D eigenvalue weighted by Crippen LogP contribution is 2.17. The van der Waals surface area contributed by atoms with Crippen molar-refractivity contribution in [3.8, 4) is 0 Å². The smallest absolute Gasteiger partial charge is 0.308 e. The summed E-state index contributed by atoms with van der Waals surface area (Å²) < 4.78 is 5.46. The highest BCUT2D eigenvalue weighted by molar-refractivity contribution is 5.71. The molecule has 0 aromatic rings. The molecule has 0 saturated heterocycles. The summed E-state index contributed by atoms with van der Waals surface area (Å²) in [4.78, 5) is 12.0. The van der Waals surface area contributed by atoms with Gasteiger partial charge in [0.05, 0.1) is 18.6 Å². The van der Waals surface area contributed by atoms with E-state index in [1.165, 1.54) is 89.9 Å². The minimum atomic E-state index is -0.0706. The summed E-state index contributed by atoms with van der Waals surface area (Å²) >= 11 is 0. The molecule has 0 spiro atoms. The number of esters is 1. The molecule has 0 bridgehead atoms. The molecule has 0 radical (unpaired) electrons. The Morgan fingerprint density at radius 2 is 1.19 bits per heavy atom. The first-order chi connectivity index (χ1) is 15.0. The van der Waals surface area contributed by atoms with Crippen LogP contribution >= 0.6 is 0 Å². The number of unbranched alkanes of at least 4 members (excludes halogenated alkanes) is 11. The number of rotatable bonds is 23. The highest BCUT2D eigenvalue weighted by atomic mass is 16.5. The molecule has 0 aliphatic carbocycles. The van der Waals surface area contributed by atoms with Crippen LogP contribution in [-0.4, -0.2) is 23.8 Å². The Labute approximate surface area is 195 Å². The Kier molecular flexibility index (Phi) is 22.2. The van der Waals surface area contributed by atoms with E-state index >= 15 is 0 Å². The van der Waals surface area contributed by atoms with Crippen molar-refractivity contribution in [2.75, 3.05) is 6.61 Å². The largest absolute Gasteiger partial charge is 0.465 e. The molecule has 186 valence electrons. The molecular weight excluding hydrogens is 384 g/mol. The van der Waals surface area contributed by atoms with Crippen molar-refractivity contribution in [3.63, 3.8) is 0 Å². The van der Waals surface area contributed by atoms with Gasteiger partial charge in [-0.05, 0) is 31.6 Å². The average Bonchev–Trinajstić information content (AvgIpc) is 2.76. The van der Waals surface area contributed by atoms with Crippen LogP contribution in [-0.2, 0) is 9.53 Å². The Morgan fingerprint density at radius 1 is 0.677 bits per heavy atom. The van der Waals surface area contributed by atoms with Crippen molar-refractivity contribution in [1.29, 1.82) is 0 Å². The van der Waals surface area contributed by atoms with Crippen molar-refractivity contribution in [3.05, 3.63) is 0 Å². The molecule has 0 rings (SSSR count). The van der Waals surface area contributed by atoms with Crippen molar-refractivity contribution in [1.82, 2.24) is 0 Å². The minimum absolute atomic E-state index is 0.00442. The molecule has 1 N–H and O–H groups in total. The third-order valence-electron chi connectivity index (χ3n) is 6.75. The minimum Gasteiger partial charge on any atom is -0.465 e. The third-order valence-corrected chi connectivity index (χ3v) is 6.75. The molecule has 0 aromatic heterocycles. The number of hydrogen-bond donors (Lipinski definition) is 1. The van der Waals surface area contributed by atoms with Gasteiger partial charge in [0.1, 0.15) is 0 Å². The van der Waals surface area contributed by atoms with Crippen LogP contribution in [0.2, 0.25) is 0 Å². The van der Waals surface area contributed by atoms with Gasteiger partial charge in [-0.2, -0.15) is 0 Å². The summed E-state index contributed by atoms with van der Waals surface area (Å²) in [6, 6.07) is 0. The molecular formula is C28H56O3. The molecule has 31 heavy (non-hydrogen) atoms. The molecule has 0 fully saturated rings. The van der Waals surface area contributed by atoms with Crippen LogP contribution in [0.3, 0.4) is 0 Å². The molecule has 3 unspecified atom stereocenters. The Bertz CT molecular complexity index is 382. The maximum absolute atomic E-state index is 12.0. The molecule has 3 heteroatoms. The van der Waals surface area contributed by atoms with E-state index in [2.05, 4.69) is 20.8 Å². The molecule has 0 heterocycles. The van der Waals surface area contributed by atoms with Crippen LogP contribution in [0.25, 0.3) is 0 Å². The second kappa shape index (κ2) is 22.6. The quantitative estimate of drug-likeness (QED) is 0.128. The summed E-state index contributed by atoms with van der Waals surface area (Å²) in [6.45, 7) is 9.34. The van der Waals surface area contributed by atoms with Gasteiger partial charge in [0.15, 0.2) is 0 Å². The van der Waals surface area contributed by atoms with Gasteiger partial charge in [0.2, 0.25) is 0 Å². The number of ether oxygens (including phenoxy) is 1. The zero-order valence-corrected chi connectivity index (χ0v) is 21.6. The van der Waals surface area contributed by atoms with E-state index in [4.69, 9.17) is 4.74 Å². The molecule has 3 nitrogen and oxygen atoms in total. The van der Waals surface area contributed by atoms with Crippen LogP contribution < -0.4 is 0 Å². The van der Waals surface area contributed by atoms with Gasteiger partial charge in [0.25, 0.3) is 0 Å². The Balaban J connectivity index is 3.34. The first-order valence-corrected chi connectivity index (χ1v) is 13.9. The Hall–Kier alpha value is -0.570. The van der Waals surface area contributed by atoms with Crippen molar-refractivity contribution in [2.45, 2.75) is 156 Å². The predicted molar refractivity (Wildman–Crippen MR) is 134 cm³/mol. The maximum Gasteiger partial charge on any atom is 0.308 e. The lowest BCUT2D eigenvalue weighted by molar-refractivity contribution is -0.148. The van der Waals surface area contributed by atoms with Gasteiger partial charge in [-0.1, -0.05) is 124 Å². The fraction of sp³-hybridized carbons (Fsp3) is 0.964. The zero-order chi connectivity index (χ0) is 23.2. The van der Waals surface area contributed by atoms with Gasteiger partial charge >= 0.3 is 5.97 Å². The van der Waals surface area contributed by atoms with E-state index in [9.17, 15) is 9.90 Å². The van der Waals surface area contributed by atoms with E-state index in [-0.39, 0.29) is 18.0 Å². The molecule has 3 atom stereocenters. The number of hydrogen-bond acceptors (Lipinski definition) is 3. The zero-order valence-electron chi connectivity index (χ0n) is 21.6. The van der Waals surface area contributed by atoms with Crippen LogP contribution in [0.1, 0.15) is 150 Å². The van der Waals surface area contributed by atoms with Crippen molar-refractivity contribution in [2.24, 2.45) is 11.8 Å². The second-order valence-corrected chi connectivity index (χ2v) is 9.99. The lowest BCUT2D eigenvalue weighted by atomic mass is 9.97. The maximum atomic E-state index is 12.0. The van der Waals surface area contributed by atoms with E-state index in [0.29, 0.717) is 6.61 Å². The molecule has 0 amide bonds. The standard InChI is InChI=1S/C28H56O3/c1-5-7-8-16-22-27(29)23-17-14-12-10-9-11-13-15-18-24-31-28(30)26(4)21-19-20-25(3)6-2/h25-27,29H,5-24H2,1-4H3. The first-order valence-electron chi connectivity index (χ1n) is 13.9. The summed E-state index contributed by atoms with van der Waals surface area (Å²) in [5.41, 5.74) is 0. The summed E-state index contributed by atoms with van der Waals surface area (Å²) in [7, 11) is 0. The number of aliphatic hydroxyl groups is 1. The van der Waals surface area contributed by atoms with E-state index < -0.39 is 0 Å². The first kappa shape index (κ1) is 30.4. The van der Waals surface area contributed by atoms with E-state index in [1.54, 1.807) is 0 Å². The fourth-order valence-electron chi connectivity index (χ4n) is 4.08. The average molecular weight is 441 g/mol. The van der Waals surface area contributed by atoms with Crippen LogP contribution in [0.4, 0.5) is 0 Å². The second-order valence-electron chi connectivity index (χ2n) is 9.99. The molecule has 0 saturated carbocycles. The Morgan fingerprint density at radius 3 is 1.74 bits per heavy atom. The fourth-order valence-corrected chi connectivity index (χ4v) is 4.08. The van der Waals surface area contributed by atoms with Gasteiger partial charge < -0.3 is 9.84 Å². The highest BCUT2D eigenvalue weighted by Gasteiger charge is 2.14. The lowest BCUT2D eigenvalue weighted by Gasteiger charge is -2.13. The third kappa shape index (κ3) is 21.1. The van der Waals surface area contributed by atoms with Crippen LogP contribution in [0, 0.1) is 11.8 Å². The number of carbonyl (C=O) groups is 1.